The van der Waals surface area contributed by atoms with Crippen LogP contribution < -0.4 is 10.6 Å². The Hall–Kier alpha value is -1.33. The van der Waals surface area contributed by atoms with E-state index in [2.05, 4.69) is 22.0 Å². The minimum Gasteiger partial charge on any atom is -0.391 e. The van der Waals surface area contributed by atoms with Gasteiger partial charge < -0.3 is 4.84 Å². The van der Waals surface area contributed by atoms with Gasteiger partial charge in [-0.25, -0.2) is 9.99 Å². The fourth-order valence-corrected chi connectivity index (χ4v) is 2.39. The summed E-state index contributed by atoms with van der Waals surface area (Å²) in [6, 6.07) is 0. The molecule has 1 radical (unpaired) electrons. The molecule has 0 amide bonds. The minimum atomic E-state index is 0.364. The van der Waals surface area contributed by atoms with E-state index in [0.717, 1.165) is 31.4 Å². The Balaban J connectivity index is 1.74. The number of anilines is 1. The summed E-state index contributed by atoms with van der Waals surface area (Å²) in [7, 11) is 0. The van der Waals surface area contributed by atoms with Crippen LogP contribution in [0, 0.1) is 12.3 Å². The molecule has 2 aliphatic rings. The van der Waals surface area contributed by atoms with Gasteiger partial charge in [0.05, 0.1) is 18.6 Å². The Morgan fingerprint density at radius 2 is 2.17 bits per heavy atom. The number of aromatic nitrogens is 2. The third-order valence-corrected chi connectivity index (χ3v) is 3.38. The van der Waals surface area contributed by atoms with Crippen molar-refractivity contribution in [1.82, 2.24) is 15.6 Å². The van der Waals surface area contributed by atoms with Gasteiger partial charge in [-0.3, -0.25) is 4.98 Å². The first kappa shape index (κ1) is 11.7. The van der Waals surface area contributed by atoms with E-state index in [4.69, 9.17) is 16.4 Å². The van der Waals surface area contributed by atoms with Gasteiger partial charge in [0.15, 0.2) is 5.82 Å². The van der Waals surface area contributed by atoms with E-state index >= 15 is 0 Å². The topological polar surface area (TPSA) is 50.3 Å². The van der Waals surface area contributed by atoms with E-state index in [0.29, 0.717) is 16.9 Å². The second kappa shape index (κ2) is 5.12. The molecule has 1 aliphatic carbocycles. The molecule has 0 unspecified atom stereocenters. The molecule has 5 nitrogen and oxygen atoms in total. The van der Waals surface area contributed by atoms with Crippen LogP contribution in [0.25, 0.3) is 0 Å². The average molecular weight is 266 g/mol. The highest BCUT2D eigenvalue weighted by molar-refractivity contribution is 6.29. The van der Waals surface area contributed by atoms with E-state index in [1.165, 1.54) is 6.20 Å². The van der Waals surface area contributed by atoms with Crippen molar-refractivity contribution in [2.75, 3.05) is 5.01 Å². The Morgan fingerprint density at radius 3 is 2.94 bits per heavy atom. The van der Waals surface area contributed by atoms with Crippen molar-refractivity contribution in [1.29, 1.82) is 0 Å². The summed E-state index contributed by atoms with van der Waals surface area (Å²) in [5.74, 6) is 2.07. The molecular formula is C12H14ClN4O. The van der Waals surface area contributed by atoms with Gasteiger partial charge in [0.1, 0.15) is 10.9 Å². The molecule has 0 atom stereocenters. The zero-order valence-corrected chi connectivity index (χ0v) is 10.6. The van der Waals surface area contributed by atoms with Crippen molar-refractivity contribution in [3.63, 3.8) is 0 Å². The van der Waals surface area contributed by atoms with Gasteiger partial charge in [-0.15, -0.1) is 0 Å². The van der Waals surface area contributed by atoms with Gasteiger partial charge in [-0.2, -0.15) is 0 Å². The van der Waals surface area contributed by atoms with Crippen LogP contribution in [-0.2, 0) is 4.84 Å². The fourth-order valence-electron chi connectivity index (χ4n) is 2.24. The molecule has 0 aromatic carbocycles. The van der Waals surface area contributed by atoms with Gasteiger partial charge in [0.2, 0.25) is 0 Å². The number of allylic oxidation sites excluding steroid dienone is 1. The van der Waals surface area contributed by atoms with E-state index in [9.17, 15) is 0 Å². The predicted octanol–water partition coefficient (Wildman–Crippen LogP) is 2.62. The van der Waals surface area contributed by atoms with Crippen LogP contribution in [0.4, 0.5) is 5.82 Å². The van der Waals surface area contributed by atoms with Crippen molar-refractivity contribution in [3.05, 3.63) is 35.9 Å². The van der Waals surface area contributed by atoms with Gasteiger partial charge >= 0.3 is 0 Å². The number of rotatable bonds is 2. The zero-order chi connectivity index (χ0) is 12.4. The van der Waals surface area contributed by atoms with Crippen LogP contribution in [0.2, 0.25) is 5.15 Å². The van der Waals surface area contributed by atoms with E-state index < -0.39 is 0 Å². The zero-order valence-electron chi connectivity index (χ0n) is 9.84. The summed E-state index contributed by atoms with van der Waals surface area (Å²) >= 11 is 5.81. The van der Waals surface area contributed by atoms with Gasteiger partial charge in [-0.05, 0) is 32.1 Å². The van der Waals surface area contributed by atoms with Gasteiger partial charge in [0, 0.05) is 5.92 Å². The van der Waals surface area contributed by atoms with Crippen LogP contribution in [0.3, 0.4) is 0 Å². The number of hydrogen-bond acceptors (Lipinski definition) is 5. The summed E-state index contributed by atoms with van der Waals surface area (Å²) in [5.41, 5.74) is 2.82. The summed E-state index contributed by atoms with van der Waals surface area (Å²) in [4.78, 5) is 13.7. The lowest BCUT2D eigenvalue weighted by atomic mass is 9.88. The third kappa shape index (κ3) is 2.42. The molecule has 2 heterocycles. The van der Waals surface area contributed by atoms with Crippen molar-refractivity contribution in [2.24, 2.45) is 5.92 Å². The molecule has 95 valence electrons. The molecule has 1 N–H and O–H groups in total. The summed E-state index contributed by atoms with van der Waals surface area (Å²) in [6.07, 6.45) is 12.0. The summed E-state index contributed by atoms with van der Waals surface area (Å²) in [5, 5.41) is 2.07. The predicted molar refractivity (Wildman–Crippen MR) is 68.1 cm³/mol. The first-order chi connectivity index (χ1) is 8.83. The lowest BCUT2D eigenvalue weighted by Gasteiger charge is -2.20. The summed E-state index contributed by atoms with van der Waals surface area (Å²) in [6.45, 7) is 0. The molecule has 3 rings (SSSR count). The molecular weight excluding hydrogens is 252 g/mol. The fraction of sp³-hybridized carbons (Fsp3) is 0.417. The molecule has 1 fully saturated rings. The number of nitrogens with one attached hydrogen (secondary N) is 1. The van der Waals surface area contributed by atoms with Gasteiger partial charge in [0.25, 0.3) is 0 Å². The first-order valence-corrected chi connectivity index (χ1v) is 6.43. The Morgan fingerprint density at radius 1 is 1.33 bits per heavy atom. The highest BCUT2D eigenvalue weighted by Gasteiger charge is 2.25. The molecule has 18 heavy (non-hydrogen) atoms. The van der Waals surface area contributed by atoms with Crippen molar-refractivity contribution < 1.29 is 4.84 Å². The van der Waals surface area contributed by atoms with Crippen LogP contribution in [0.1, 0.15) is 25.7 Å². The third-order valence-electron chi connectivity index (χ3n) is 3.20. The smallest absolute Gasteiger partial charge is 0.169 e. The van der Waals surface area contributed by atoms with E-state index in [1.807, 2.05) is 6.20 Å². The molecule has 1 aromatic heterocycles. The Labute approximate surface area is 111 Å². The van der Waals surface area contributed by atoms with Crippen LogP contribution >= 0.6 is 11.6 Å². The standard InChI is InChI=1S/C12H14ClN4O/c13-11-6-14-7-12(15-11)17-8-10(18-16-17)9-4-2-1-3-5-9/h1,6-9,16H,2-5H2. The van der Waals surface area contributed by atoms with Crippen molar-refractivity contribution in [3.8, 4) is 0 Å². The monoisotopic (exact) mass is 265 g/mol. The maximum absolute atomic E-state index is 5.81. The van der Waals surface area contributed by atoms with E-state index in [-0.39, 0.29) is 0 Å². The molecule has 6 heteroatoms. The minimum absolute atomic E-state index is 0.364. The van der Waals surface area contributed by atoms with Crippen LogP contribution in [-0.4, -0.2) is 9.97 Å². The maximum atomic E-state index is 5.81. The number of hydrazine groups is 1. The lowest BCUT2D eigenvalue weighted by molar-refractivity contribution is 0.100. The quantitative estimate of drug-likeness (QED) is 0.891. The maximum Gasteiger partial charge on any atom is 0.169 e. The van der Waals surface area contributed by atoms with Crippen molar-refractivity contribution in [2.45, 2.75) is 25.7 Å². The summed E-state index contributed by atoms with van der Waals surface area (Å²) < 4.78 is 0. The largest absolute Gasteiger partial charge is 0.391 e. The first-order valence-electron chi connectivity index (χ1n) is 6.05. The number of hydrogen-bond donors (Lipinski definition) is 1. The molecule has 1 aliphatic heterocycles. The molecule has 0 bridgehead atoms. The van der Waals surface area contributed by atoms with Crippen LogP contribution in [0.5, 0.6) is 0 Å². The highest BCUT2D eigenvalue weighted by atomic mass is 35.5. The van der Waals surface area contributed by atoms with Crippen LogP contribution in [0.15, 0.2) is 24.4 Å². The molecule has 0 saturated heterocycles. The second-order valence-corrected chi connectivity index (χ2v) is 4.82. The van der Waals surface area contributed by atoms with Crippen molar-refractivity contribution >= 4 is 17.4 Å². The number of halogens is 1. The highest BCUT2D eigenvalue weighted by Crippen LogP contribution is 2.31. The number of nitrogens with zero attached hydrogens (tertiary/aromatic N) is 3. The normalized spacial score (nSPS) is 20.7. The second-order valence-electron chi connectivity index (χ2n) is 4.44. The molecule has 0 spiro atoms. The average Bonchev–Trinajstić information content (AvgIpc) is 2.89. The van der Waals surface area contributed by atoms with Gasteiger partial charge in [-0.1, -0.05) is 17.2 Å². The SMILES string of the molecule is Clc1cncc(N2C=C(C3CC[CH]CC3)ON2)n1. The molecule has 1 saturated carbocycles. The molecule has 1 aromatic rings. The Bertz CT molecular complexity index is 459. The Kier molecular flexibility index (Phi) is 3.34. The van der Waals surface area contributed by atoms with E-state index in [1.54, 1.807) is 11.2 Å². The lowest BCUT2D eigenvalue weighted by Crippen LogP contribution is -2.28.